The molecule has 0 radical (unpaired) electrons. The average Bonchev–Trinajstić information content (AvgIpc) is 2.97. The van der Waals surface area contributed by atoms with Crippen LogP contribution in [-0.2, 0) is 13.1 Å². The third-order valence-corrected chi connectivity index (χ3v) is 4.36. The predicted molar refractivity (Wildman–Crippen MR) is 123 cm³/mol. The molecule has 0 atom stereocenters. The molecular formula is C20H31FIN5O. The molecule has 0 bridgehead atoms. The Morgan fingerprint density at radius 1 is 1.18 bits per heavy atom. The van der Waals surface area contributed by atoms with Gasteiger partial charge in [0, 0.05) is 19.6 Å². The minimum Gasteiger partial charge on any atom is -0.444 e. The fourth-order valence-electron chi connectivity index (χ4n) is 2.76. The van der Waals surface area contributed by atoms with Gasteiger partial charge < -0.3 is 20.0 Å². The van der Waals surface area contributed by atoms with Crippen molar-refractivity contribution in [3.63, 3.8) is 0 Å². The van der Waals surface area contributed by atoms with Crippen LogP contribution in [0.2, 0.25) is 0 Å². The lowest BCUT2D eigenvalue weighted by Gasteiger charge is -2.21. The van der Waals surface area contributed by atoms with Crippen LogP contribution < -0.4 is 15.5 Å². The number of halogens is 2. The monoisotopic (exact) mass is 503 g/mol. The van der Waals surface area contributed by atoms with Gasteiger partial charge in [0.1, 0.15) is 11.6 Å². The molecule has 0 saturated carbocycles. The summed E-state index contributed by atoms with van der Waals surface area (Å²) >= 11 is 0. The maximum atomic E-state index is 14.4. The van der Waals surface area contributed by atoms with Crippen molar-refractivity contribution in [2.24, 2.45) is 4.99 Å². The molecule has 8 heteroatoms. The number of hydrogen-bond acceptors (Lipinski definition) is 4. The van der Waals surface area contributed by atoms with Gasteiger partial charge in [-0.3, -0.25) is 0 Å². The highest BCUT2D eigenvalue weighted by atomic mass is 127. The zero-order chi connectivity index (χ0) is 19.8. The molecule has 0 amide bonds. The molecule has 6 nitrogen and oxygen atoms in total. The molecule has 0 aliphatic heterocycles. The molecule has 2 aromatic rings. The SMILES string of the molecule is CCNC(=NCc1ccc(N(CC)CC)c(F)c1)NCc1nc(C)c(C)o1.I. The number of aromatic nitrogens is 1. The number of anilines is 1. The van der Waals surface area contributed by atoms with Gasteiger partial charge in [0.05, 0.1) is 24.5 Å². The second kappa shape index (κ2) is 11.9. The zero-order valence-electron chi connectivity index (χ0n) is 17.3. The number of aryl methyl sites for hydroxylation is 2. The lowest BCUT2D eigenvalue weighted by atomic mass is 10.2. The van der Waals surface area contributed by atoms with E-state index in [0.29, 0.717) is 30.6 Å². The molecule has 0 aliphatic carbocycles. The number of hydrogen-bond donors (Lipinski definition) is 2. The van der Waals surface area contributed by atoms with Gasteiger partial charge in [-0.05, 0) is 52.3 Å². The van der Waals surface area contributed by atoms with E-state index in [9.17, 15) is 4.39 Å². The van der Waals surface area contributed by atoms with Crippen molar-refractivity contribution in [2.75, 3.05) is 24.5 Å². The normalized spacial score (nSPS) is 11.1. The van der Waals surface area contributed by atoms with E-state index in [-0.39, 0.29) is 29.8 Å². The highest BCUT2D eigenvalue weighted by molar-refractivity contribution is 14.0. The molecule has 0 fully saturated rings. The molecule has 0 unspecified atom stereocenters. The van der Waals surface area contributed by atoms with Crippen molar-refractivity contribution in [3.8, 4) is 0 Å². The van der Waals surface area contributed by atoms with Crippen molar-refractivity contribution < 1.29 is 8.81 Å². The summed E-state index contributed by atoms with van der Waals surface area (Å²) in [5, 5.41) is 6.37. The topological polar surface area (TPSA) is 65.7 Å². The quantitative estimate of drug-likeness (QED) is 0.322. The van der Waals surface area contributed by atoms with Crippen molar-refractivity contribution in [3.05, 3.63) is 46.9 Å². The number of rotatable bonds is 8. The number of benzene rings is 1. The Morgan fingerprint density at radius 2 is 1.89 bits per heavy atom. The molecule has 1 aromatic carbocycles. The van der Waals surface area contributed by atoms with E-state index < -0.39 is 0 Å². The van der Waals surface area contributed by atoms with Crippen LogP contribution in [0.3, 0.4) is 0 Å². The van der Waals surface area contributed by atoms with Crippen LogP contribution in [-0.4, -0.2) is 30.6 Å². The largest absolute Gasteiger partial charge is 0.444 e. The molecule has 0 saturated heterocycles. The third kappa shape index (κ3) is 6.65. The van der Waals surface area contributed by atoms with Gasteiger partial charge in [-0.2, -0.15) is 0 Å². The van der Waals surface area contributed by atoms with Gasteiger partial charge in [-0.15, -0.1) is 24.0 Å². The molecule has 1 heterocycles. The predicted octanol–water partition coefficient (Wildman–Crippen LogP) is 4.15. The highest BCUT2D eigenvalue weighted by Crippen LogP contribution is 2.20. The van der Waals surface area contributed by atoms with Crippen LogP contribution in [0, 0.1) is 19.7 Å². The number of oxazole rings is 1. The second-order valence-electron chi connectivity index (χ2n) is 6.26. The Morgan fingerprint density at radius 3 is 2.43 bits per heavy atom. The molecule has 28 heavy (non-hydrogen) atoms. The van der Waals surface area contributed by atoms with E-state index in [1.54, 1.807) is 6.07 Å². The van der Waals surface area contributed by atoms with E-state index in [1.807, 2.05) is 51.7 Å². The lowest BCUT2D eigenvalue weighted by Crippen LogP contribution is -2.36. The third-order valence-electron chi connectivity index (χ3n) is 4.36. The Bertz CT molecular complexity index is 754. The summed E-state index contributed by atoms with van der Waals surface area (Å²) in [6.07, 6.45) is 0. The van der Waals surface area contributed by atoms with E-state index in [4.69, 9.17) is 4.42 Å². The van der Waals surface area contributed by atoms with Crippen LogP contribution in [0.4, 0.5) is 10.1 Å². The lowest BCUT2D eigenvalue weighted by molar-refractivity contribution is 0.463. The first-order valence-corrected chi connectivity index (χ1v) is 9.46. The van der Waals surface area contributed by atoms with Gasteiger partial charge in [0.25, 0.3) is 0 Å². The maximum absolute atomic E-state index is 14.4. The molecular weight excluding hydrogens is 472 g/mol. The molecule has 2 N–H and O–H groups in total. The Hall–Kier alpha value is -1.84. The van der Waals surface area contributed by atoms with Crippen LogP contribution in [0.5, 0.6) is 0 Å². The van der Waals surface area contributed by atoms with Crippen LogP contribution in [0.1, 0.15) is 43.7 Å². The van der Waals surface area contributed by atoms with Crippen LogP contribution in [0.25, 0.3) is 0 Å². The van der Waals surface area contributed by atoms with E-state index in [2.05, 4.69) is 20.6 Å². The van der Waals surface area contributed by atoms with Gasteiger partial charge in [-0.1, -0.05) is 6.07 Å². The van der Waals surface area contributed by atoms with Crippen LogP contribution >= 0.6 is 24.0 Å². The zero-order valence-corrected chi connectivity index (χ0v) is 19.6. The Balaban J connectivity index is 0.00000392. The number of nitrogens with zero attached hydrogens (tertiary/aromatic N) is 3. The standard InChI is InChI=1S/C20H30FN5O.HI/c1-6-22-20(24-13-19-25-14(4)15(5)27-19)23-12-16-9-10-18(17(21)11-16)26(7-2)8-3;/h9-11H,6-8,12-13H2,1-5H3,(H2,22,23,24);1H. The average molecular weight is 503 g/mol. The van der Waals surface area contributed by atoms with Gasteiger partial charge in [-0.25, -0.2) is 14.4 Å². The number of guanidine groups is 1. The fourth-order valence-corrected chi connectivity index (χ4v) is 2.76. The van der Waals surface area contributed by atoms with E-state index >= 15 is 0 Å². The maximum Gasteiger partial charge on any atom is 0.214 e. The first-order chi connectivity index (χ1) is 13.0. The minimum absolute atomic E-state index is 0. The summed E-state index contributed by atoms with van der Waals surface area (Å²) in [5.41, 5.74) is 2.34. The van der Waals surface area contributed by atoms with E-state index in [1.165, 1.54) is 0 Å². The summed E-state index contributed by atoms with van der Waals surface area (Å²) < 4.78 is 20.0. The van der Waals surface area contributed by atoms with Crippen molar-refractivity contribution >= 4 is 35.6 Å². The number of nitrogens with one attached hydrogen (secondary N) is 2. The van der Waals surface area contributed by atoms with Gasteiger partial charge in [0.15, 0.2) is 5.96 Å². The smallest absolute Gasteiger partial charge is 0.214 e. The van der Waals surface area contributed by atoms with Gasteiger partial charge in [0.2, 0.25) is 5.89 Å². The fraction of sp³-hybridized carbons (Fsp3) is 0.500. The summed E-state index contributed by atoms with van der Waals surface area (Å²) in [4.78, 5) is 10.9. The van der Waals surface area contributed by atoms with Crippen molar-refractivity contribution in [2.45, 2.75) is 47.7 Å². The first kappa shape index (κ1) is 24.2. The second-order valence-corrected chi connectivity index (χ2v) is 6.26. The highest BCUT2D eigenvalue weighted by Gasteiger charge is 2.10. The molecule has 0 aliphatic rings. The Labute approximate surface area is 184 Å². The van der Waals surface area contributed by atoms with E-state index in [0.717, 1.165) is 36.7 Å². The summed E-state index contributed by atoms with van der Waals surface area (Å²) in [6, 6.07) is 5.30. The molecule has 1 aromatic heterocycles. The summed E-state index contributed by atoms with van der Waals surface area (Å²) in [6.45, 7) is 12.9. The first-order valence-electron chi connectivity index (χ1n) is 9.46. The summed E-state index contributed by atoms with van der Waals surface area (Å²) in [5.74, 6) is 1.86. The molecule has 0 spiro atoms. The number of aliphatic imine (C=N–C) groups is 1. The minimum atomic E-state index is -0.213. The summed E-state index contributed by atoms with van der Waals surface area (Å²) in [7, 11) is 0. The molecule has 156 valence electrons. The van der Waals surface area contributed by atoms with Gasteiger partial charge >= 0.3 is 0 Å². The van der Waals surface area contributed by atoms with Crippen LogP contribution in [0.15, 0.2) is 27.6 Å². The van der Waals surface area contributed by atoms with Crippen molar-refractivity contribution in [1.82, 2.24) is 15.6 Å². The molecule has 2 rings (SSSR count). The Kier molecular flexibility index (Phi) is 10.3. The van der Waals surface area contributed by atoms with Crippen molar-refractivity contribution in [1.29, 1.82) is 0 Å².